The van der Waals surface area contributed by atoms with Crippen LogP contribution < -0.4 is 4.90 Å². The Labute approximate surface area is 98.9 Å². The van der Waals surface area contributed by atoms with Crippen molar-refractivity contribution in [3.8, 4) is 0 Å². The molecule has 0 saturated heterocycles. The summed E-state index contributed by atoms with van der Waals surface area (Å²) in [6.45, 7) is 0. The number of carbonyl (C=O) groups is 1. The first-order valence-corrected chi connectivity index (χ1v) is 4.97. The molecular formula is C11H14N2O4. The van der Waals surface area contributed by atoms with E-state index < -0.39 is 4.92 Å². The lowest BCUT2D eigenvalue weighted by Gasteiger charge is -2.13. The quantitative estimate of drug-likeness (QED) is 0.450. The minimum atomic E-state index is -0.447. The molecule has 0 saturated carbocycles. The number of nitro groups is 1. The van der Waals surface area contributed by atoms with Gasteiger partial charge in [0, 0.05) is 20.2 Å². The number of benzene rings is 1. The molecule has 17 heavy (non-hydrogen) atoms. The lowest BCUT2D eigenvalue weighted by Crippen LogP contribution is -2.12. The van der Waals surface area contributed by atoms with Crippen LogP contribution in [0.3, 0.4) is 0 Å². The SMILES string of the molecule is COC(=O)Cc1ccc([N+](=O)[O-])c(N(C)C)c1. The van der Waals surface area contributed by atoms with E-state index in [4.69, 9.17) is 0 Å². The predicted molar refractivity (Wildman–Crippen MR) is 63.1 cm³/mol. The van der Waals surface area contributed by atoms with E-state index in [0.717, 1.165) is 0 Å². The maximum atomic E-state index is 11.1. The minimum Gasteiger partial charge on any atom is -0.469 e. The molecule has 6 heteroatoms. The van der Waals surface area contributed by atoms with Gasteiger partial charge in [-0.3, -0.25) is 14.9 Å². The average molecular weight is 238 g/mol. The van der Waals surface area contributed by atoms with Crippen LogP contribution in [0.1, 0.15) is 5.56 Å². The van der Waals surface area contributed by atoms with Gasteiger partial charge in [-0.2, -0.15) is 0 Å². The molecule has 0 N–H and O–H groups in total. The third-order valence-electron chi connectivity index (χ3n) is 2.29. The molecule has 6 nitrogen and oxygen atoms in total. The summed E-state index contributed by atoms with van der Waals surface area (Å²) in [6.07, 6.45) is 0.106. The number of hydrogen-bond acceptors (Lipinski definition) is 5. The van der Waals surface area contributed by atoms with Crippen LogP contribution in [0.15, 0.2) is 18.2 Å². The molecule has 92 valence electrons. The van der Waals surface area contributed by atoms with Crippen LogP contribution in [-0.2, 0) is 16.0 Å². The molecule has 0 radical (unpaired) electrons. The van der Waals surface area contributed by atoms with Crippen LogP contribution in [0.2, 0.25) is 0 Å². The normalized spacial score (nSPS) is 9.82. The summed E-state index contributed by atoms with van der Waals surface area (Å²) in [5.74, 6) is -0.372. The van der Waals surface area contributed by atoms with Gasteiger partial charge in [0.1, 0.15) is 5.69 Å². The summed E-state index contributed by atoms with van der Waals surface area (Å²) in [7, 11) is 4.73. The molecule has 0 aliphatic carbocycles. The Morgan fingerprint density at radius 2 is 2.12 bits per heavy atom. The van der Waals surface area contributed by atoms with Gasteiger partial charge in [-0.25, -0.2) is 0 Å². The summed E-state index contributed by atoms with van der Waals surface area (Å²) in [6, 6.07) is 4.57. The van der Waals surface area contributed by atoms with Crippen molar-refractivity contribution >= 4 is 17.3 Å². The lowest BCUT2D eigenvalue weighted by molar-refractivity contribution is -0.384. The topological polar surface area (TPSA) is 72.7 Å². The fourth-order valence-corrected chi connectivity index (χ4v) is 1.43. The fraction of sp³-hybridized carbons (Fsp3) is 0.364. The third-order valence-corrected chi connectivity index (χ3v) is 2.29. The molecule has 1 aromatic rings. The van der Waals surface area contributed by atoms with Gasteiger partial charge in [-0.1, -0.05) is 6.07 Å². The number of anilines is 1. The molecular weight excluding hydrogens is 224 g/mol. The molecule has 0 fully saturated rings. The van der Waals surface area contributed by atoms with Gasteiger partial charge in [0.05, 0.1) is 18.5 Å². The molecule has 0 aromatic heterocycles. The smallest absolute Gasteiger partial charge is 0.309 e. The molecule has 0 bridgehead atoms. The van der Waals surface area contributed by atoms with Crippen molar-refractivity contribution in [2.45, 2.75) is 6.42 Å². The number of ether oxygens (including phenoxy) is 1. The summed E-state index contributed by atoms with van der Waals surface area (Å²) in [4.78, 5) is 23.1. The number of esters is 1. The second kappa shape index (κ2) is 5.29. The van der Waals surface area contributed by atoms with E-state index in [1.807, 2.05) is 0 Å². The molecule has 0 aliphatic heterocycles. The van der Waals surface area contributed by atoms with E-state index in [1.54, 1.807) is 31.1 Å². The molecule has 0 aliphatic rings. The average Bonchev–Trinajstić information content (AvgIpc) is 2.28. The Kier molecular flexibility index (Phi) is 4.03. The van der Waals surface area contributed by atoms with E-state index in [-0.39, 0.29) is 18.1 Å². The molecule has 0 amide bonds. The first-order chi connectivity index (χ1) is 7.95. The largest absolute Gasteiger partial charge is 0.469 e. The zero-order chi connectivity index (χ0) is 13.0. The van der Waals surface area contributed by atoms with Crippen molar-refractivity contribution in [3.63, 3.8) is 0 Å². The summed E-state index contributed by atoms with van der Waals surface area (Å²) < 4.78 is 4.55. The van der Waals surface area contributed by atoms with Gasteiger partial charge >= 0.3 is 5.97 Å². The lowest BCUT2D eigenvalue weighted by atomic mass is 10.1. The molecule has 1 rings (SSSR count). The van der Waals surface area contributed by atoms with Crippen LogP contribution in [0.5, 0.6) is 0 Å². The highest BCUT2D eigenvalue weighted by molar-refractivity contribution is 5.74. The maximum Gasteiger partial charge on any atom is 0.309 e. The van der Waals surface area contributed by atoms with Crippen LogP contribution in [0, 0.1) is 10.1 Å². The predicted octanol–water partition coefficient (Wildman–Crippen LogP) is 1.38. The van der Waals surface area contributed by atoms with Crippen molar-refractivity contribution in [1.29, 1.82) is 0 Å². The number of carbonyl (C=O) groups excluding carboxylic acids is 1. The van der Waals surface area contributed by atoms with Crippen molar-refractivity contribution < 1.29 is 14.5 Å². The minimum absolute atomic E-state index is 0.0172. The van der Waals surface area contributed by atoms with E-state index in [9.17, 15) is 14.9 Å². The number of rotatable bonds is 4. The standard InChI is InChI=1S/C11H14N2O4/c1-12(2)10-6-8(7-11(14)17-3)4-5-9(10)13(15)16/h4-6H,7H2,1-3H3. The second-order valence-electron chi connectivity index (χ2n) is 3.73. The van der Waals surface area contributed by atoms with Gasteiger partial charge in [0.2, 0.25) is 0 Å². The van der Waals surface area contributed by atoms with Crippen molar-refractivity contribution in [2.24, 2.45) is 0 Å². The van der Waals surface area contributed by atoms with Gasteiger partial charge in [0.15, 0.2) is 0 Å². The van der Waals surface area contributed by atoms with Crippen LogP contribution >= 0.6 is 0 Å². The van der Waals surface area contributed by atoms with E-state index in [2.05, 4.69) is 4.74 Å². The number of hydrogen-bond donors (Lipinski definition) is 0. The van der Waals surface area contributed by atoms with Crippen LogP contribution in [0.25, 0.3) is 0 Å². The highest BCUT2D eigenvalue weighted by Gasteiger charge is 2.16. The molecule has 0 unspecified atom stereocenters. The Hall–Kier alpha value is -2.11. The van der Waals surface area contributed by atoms with E-state index in [1.165, 1.54) is 13.2 Å². The highest BCUT2D eigenvalue weighted by Crippen LogP contribution is 2.27. The fourth-order valence-electron chi connectivity index (χ4n) is 1.43. The number of methoxy groups -OCH3 is 1. The summed E-state index contributed by atoms with van der Waals surface area (Å²) in [5.41, 5.74) is 1.17. The van der Waals surface area contributed by atoms with Crippen LogP contribution in [-0.4, -0.2) is 32.1 Å². The Morgan fingerprint density at radius 3 is 2.59 bits per heavy atom. The number of nitro benzene ring substituents is 1. The zero-order valence-electron chi connectivity index (χ0n) is 9.97. The van der Waals surface area contributed by atoms with Crippen molar-refractivity contribution in [3.05, 3.63) is 33.9 Å². The second-order valence-corrected chi connectivity index (χ2v) is 3.73. The first kappa shape index (κ1) is 13.0. The molecule has 0 heterocycles. The monoisotopic (exact) mass is 238 g/mol. The van der Waals surface area contributed by atoms with Gasteiger partial charge < -0.3 is 9.64 Å². The molecule has 0 spiro atoms. The van der Waals surface area contributed by atoms with Gasteiger partial charge in [-0.05, 0) is 11.6 Å². The summed E-state index contributed by atoms with van der Waals surface area (Å²) >= 11 is 0. The third kappa shape index (κ3) is 3.17. The van der Waals surface area contributed by atoms with E-state index in [0.29, 0.717) is 11.3 Å². The van der Waals surface area contributed by atoms with Gasteiger partial charge in [0.25, 0.3) is 5.69 Å². The van der Waals surface area contributed by atoms with E-state index >= 15 is 0 Å². The molecule has 1 aromatic carbocycles. The summed E-state index contributed by atoms with van der Waals surface area (Å²) in [5, 5.41) is 10.8. The van der Waals surface area contributed by atoms with Gasteiger partial charge in [-0.15, -0.1) is 0 Å². The van der Waals surface area contributed by atoms with Crippen LogP contribution in [0.4, 0.5) is 11.4 Å². The Balaban J connectivity index is 3.10. The number of nitrogens with zero attached hydrogens (tertiary/aromatic N) is 2. The maximum absolute atomic E-state index is 11.1. The first-order valence-electron chi connectivity index (χ1n) is 4.97. The highest BCUT2D eigenvalue weighted by atomic mass is 16.6. The zero-order valence-corrected chi connectivity index (χ0v) is 9.97. The molecule has 0 atom stereocenters. The van der Waals surface area contributed by atoms with Crippen molar-refractivity contribution in [1.82, 2.24) is 0 Å². The van der Waals surface area contributed by atoms with Crippen molar-refractivity contribution in [2.75, 3.05) is 26.1 Å². The Morgan fingerprint density at radius 1 is 1.47 bits per heavy atom. The Bertz CT molecular complexity index is 443.